The number of nitrogens with zero attached hydrogens (tertiary/aromatic N) is 1. The lowest BCUT2D eigenvalue weighted by Crippen LogP contribution is -2.25. The lowest BCUT2D eigenvalue weighted by molar-refractivity contribution is -0.126. The van der Waals surface area contributed by atoms with Crippen LogP contribution in [-0.4, -0.2) is 25.1 Å². The molecule has 0 heterocycles. The van der Waals surface area contributed by atoms with Gasteiger partial charge in [-0.1, -0.05) is 37.3 Å². The Morgan fingerprint density at radius 3 is 2.30 bits per heavy atom. The Hall–Kier alpha value is -4.13. The van der Waals surface area contributed by atoms with E-state index in [9.17, 15) is 9.59 Å². The molecule has 3 rings (SSSR count). The van der Waals surface area contributed by atoms with E-state index in [1.165, 1.54) is 6.21 Å². The van der Waals surface area contributed by atoms with Crippen molar-refractivity contribution < 1.29 is 19.1 Å². The predicted octanol–water partition coefficient (Wildman–Crippen LogP) is 4.32. The van der Waals surface area contributed by atoms with E-state index in [1.807, 2.05) is 79.7 Å². The van der Waals surface area contributed by atoms with Gasteiger partial charge in [0.2, 0.25) is 11.8 Å². The number of anilines is 1. The fourth-order valence-electron chi connectivity index (χ4n) is 3.05. The van der Waals surface area contributed by atoms with Gasteiger partial charge in [0.05, 0.1) is 13.3 Å². The molecule has 0 radical (unpaired) electrons. The molecule has 0 bridgehead atoms. The summed E-state index contributed by atoms with van der Waals surface area (Å²) in [5, 5.41) is 6.68. The van der Waals surface area contributed by atoms with Gasteiger partial charge in [-0.2, -0.15) is 5.10 Å². The number of hydrogen-bond donors (Lipinski definition) is 2. The molecule has 0 saturated carbocycles. The molecule has 3 aromatic rings. The van der Waals surface area contributed by atoms with Gasteiger partial charge in [0.15, 0.2) is 0 Å². The van der Waals surface area contributed by atoms with Gasteiger partial charge in [0, 0.05) is 5.69 Å². The standard InChI is InChI=1S/C26H27N3O4/c1-3-21-6-4-5-7-24(21)28-25(30)16-26(31)29-27-17-19-8-14-23(15-9-19)33-18-20-10-12-22(32-2)13-11-20/h4-15,17H,3,16,18H2,1-2H3,(H,28,30)(H,29,31). The first-order valence-electron chi connectivity index (χ1n) is 10.6. The van der Waals surface area contributed by atoms with E-state index in [1.54, 1.807) is 7.11 Å². The Kier molecular flexibility index (Phi) is 8.59. The first-order valence-corrected chi connectivity index (χ1v) is 10.6. The zero-order valence-electron chi connectivity index (χ0n) is 18.7. The predicted molar refractivity (Wildman–Crippen MR) is 129 cm³/mol. The quantitative estimate of drug-likeness (QED) is 0.276. The van der Waals surface area contributed by atoms with Gasteiger partial charge in [-0.3, -0.25) is 9.59 Å². The summed E-state index contributed by atoms with van der Waals surface area (Å²) in [5.41, 5.74) is 5.93. The third-order valence-electron chi connectivity index (χ3n) is 4.84. The SMILES string of the molecule is CCc1ccccc1NC(=O)CC(=O)NN=Cc1ccc(OCc2ccc(OC)cc2)cc1. The van der Waals surface area contributed by atoms with E-state index in [0.29, 0.717) is 6.61 Å². The van der Waals surface area contributed by atoms with Gasteiger partial charge in [-0.25, -0.2) is 5.43 Å². The highest BCUT2D eigenvalue weighted by atomic mass is 16.5. The molecule has 33 heavy (non-hydrogen) atoms. The Labute approximate surface area is 193 Å². The van der Waals surface area contributed by atoms with Crippen molar-refractivity contribution in [3.8, 4) is 11.5 Å². The third-order valence-corrected chi connectivity index (χ3v) is 4.84. The van der Waals surface area contributed by atoms with Gasteiger partial charge in [-0.05, 0) is 65.6 Å². The number of hydrazone groups is 1. The average molecular weight is 446 g/mol. The van der Waals surface area contributed by atoms with Crippen molar-refractivity contribution in [2.45, 2.75) is 26.4 Å². The van der Waals surface area contributed by atoms with Crippen molar-refractivity contribution in [3.63, 3.8) is 0 Å². The van der Waals surface area contributed by atoms with Crippen LogP contribution in [0.1, 0.15) is 30.0 Å². The number of benzene rings is 3. The molecular formula is C26H27N3O4. The molecule has 0 aromatic heterocycles. The molecule has 0 spiro atoms. The second-order valence-corrected chi connectivity index (χ2v) is 7.23. The summed E-state index contributed by atoms with van der Waals surface area (Å²) in [7, 11) is 1.63. The molecule has 0 unspecified atom stereocenters. The maximum absolute atomic E-state index is 12.1. The first kappa shape index (κ1) is 23.5. The van der Waals surface area contributed by atoms with Crippen LogP contribution in [0.3, 0.4) is 0 Å². The Morgan fingerprint density at radius 1 is 0.909 bits per heavy atom. The van der Waals surface area contributed by atoms with Crippen LogP contribution in [0.2, 0.25) is 0 Å². The number of amides is 2. The number of aryl methyl sites for hydroxylation is 1. The molecule has 0 fully saturated rings. The highest BCUT2D eigenvalue weighted by Gasteiger charge is 2.10. The van der Waals surface area contributed by atoms with Gasteiger partial charge < -0.3 is 14.8 Å². The average Bonchev–Trinajstić information content (AvgIpc) is 2.84. The summed E-state index contributed by atoms with van der Waals surface area (Å²) >= 11 is 0. The number of ether oxygens (including phenoxy) is 2. The summed E-state index contributed by atoms with van der Waals surface area (Å²) < 4.78 is 10.9. The zero-order chi connectivity index (χ0) is 23.5. The van der Waals surface area contributed by atoms with Crippen LogP contribution in [0.15, 0.2) is 77.9 Å². The summed E-state index contributed by atoms with van der Waals surface area (Å²) in [6.07, 6.45) is 1.99. The van der Waals surface area contributed by atoms with E-state index in [0.717, 1.165) is 40.3 Å². The number of carbonyl (C=O) groups excluding carboxylic acids is 2. The Bertz CT molecular complexity index is 1090. The molecule has 0 aliphatic rings. The Morgan fingerprint density at radius 2 is 1.61 bits per heavy atom. The van der Waals surface area contributed by atoms with Crippen molar-refractivity contribution in [3.05, 3.63) is 89.5 Å². The summed E-state index contributed by atoms with van der Waals surface area (Å²) in [6, 6.07) is 22.5. The number of hydrogen-bond acceptors (Lipinski definition) is 5. The van der Waals surface area contributed by atoms with Crippen molar-refractivity contribution in [2.75, 3.05) is 12.4 Å². The molecule has 2 N–H and O–H groups in total. The smallest absolute Gasteiger partial charge is 0.249 e. The van der Waals surface area contributed by atoms with Crippen LogP contribution in [0.5, 0.6) is 11.5 Å². The van der Waals surface area contributed by atoms with Gasteiger partial charge in [0.1, 0.15) is 24.5 Å². The van der Waals surface area contributed by atoms with Crippen molar-refractivity contribution in [1.29, 1.82) is 0 Å². The number of methoxy groups -OCH3 is 1. The van der Waals surface area contributed by atoms with Gasteiger partial charge in [0.25, 0.3) is 0 Å². The zero-order valence-corrected chi connectivity index (χ0v) is 18.7. The molecule has 0 aliphatic carbocycles. The van der Waals surface area contributed by atoms with Crippen molar-refractivity contribution >= 4 is 23.7 Å². The van der Waals surface area contributed by atoms with Crippen LogP contribution in [-0.2, 0) is 22.6 Å². The van der Waals surface area contributed by atoms with Crippen molar-refractivity contribution in [2.24, 2.45) is 5.10 Å². The fourth-order valence-corrected chi connectivity index (χ4v) is 3.05. The molecule has 7 heteroatoms. The van der Waals surface area contributed by atoms with Gasteiger partial charge >= 0.3 is 0 Å². The lowest BCUT2D eigenvalue weighted by Gasteiger charge is -2.09. The molecule has 170 valence electrons. The minimum atomic E-state index is -0.489. The van der Waals surface area contributed by atoms with E-state index in [-0.39, 0.29) is 12.3 Å². The number of carbonyl (C=O) groups is 2. The lowest BCUT2D eigenvalue weighted by atomic mass is 10.1. The van der Waals surface area contributed by atoms with E-state index >= 15 is 0 Å². The van der Waals surface area contributed by atoms with E-state index in [4.69, 9.17) is 9.47 Å². The molecular weight excluding hydrogens is 418 g/mol. The summed E-state index contributed by atoms with van der Waals surface area (Å²) in [6.45, 7) is 2.45. The van der Waals surface area contributed by atoms with Crippen LogP contribution in [0, 0.1) is 0 Å². The largest absolute Gasteiger partial charge is 0.497 e. The molecule has 0 saturated heterocycles. The summed E-state index contributed by atoms with van der Waals surface area (Å²) in [5.74, 6) is 0.645. The van der Waals surface area contributed by atoms with E-state index in [2.05, 4.69) is 15.8 Å². The van der Waals surface area contributed by atoms with E-state index < -0.39 is 5.91 Å². The molecule has 3 aromatic carbocycles. The second-order valence-electron chi connectivity index (χ2n) is 7.23. The fraction of sp³-hybridized carbons (Fsp3) is 0.192. The minimum Gasteiger partial charge on any atom is -0.497 e. The molecule has 0 aliphatic heterocycles. The molecule has 7 nitrogen and oxygen atoms in total. The first-order chi connectivity index (χ1) is 16.1. The highest BCUT2D eigenvalue weighted by Crippen LogP contribution is 2.17. The third kappa shape index (κ3) is 7.50. The van der Waals surface area contributed by atoms with Crippen LogP contribution in [0.25, 0.3) is 0 Å². The Balaban J connectivity index is 1.42. The number of rotatable bonds is 10. The molecule has 2 amide bonds. The van der Waals surface area contributed by atoms with Crippen LogP contribution in [0.4, 0.5) is 5.69 Å². The monoisotopic (exact) mass is 445 g/mol. The topological polar surface area (TPSA) is 89.0 Å². The molecule has 0 atom stereocenters. The van der Waals surface area contributed by atoms with Gasteiger partial charge in [-0.15, -0.1) is 0 Å². The number of para-hydroxylation sites is 1. The van der Waals surface area contributed by atoms with Crippen molar-refractivity contribution in [1.82, 2.24) is 5.43 Å². The maximum Gasteiger partial charge on any atom is 0.249 e. The summed E-state index contributed by atoms with van der Waals surface area (Å²) in [4.78, 5) is 24.1. The van der Waals surface area contributed by atoms with Crippen LogP contribution < -0.4 is 20.2 Å². The second kappa shape index (κ2) is 12.0. The highest BCUT2D eigenvalue weighted by molar-refractivity contribution is 6.04. The van der Waals surface area contributed by atoms with Crippen LogP contribution >= 0.6 is 0 Å². The maximum atomic E-state index is 12.1. The number of nitrogens with one attached hydrogen (secondary N) is 2. The normalized spacial score (nSPS) is 10.6. The minimum absolute atomic E-state index is 0.312.